The van der Waals surface area contributed by atoms with Gasteiger partial charge in [-0.2, -0.15) is 0 Å². The van der Waals surface area contributed by atoms with Crippen molar-refractivity contribution in [2.75, 3.05) is 26.2 Å². The van der Waals surface area contributed by atoms with Crippen LogP contribution in [0.1, 0.15) is 49.7 Å². The maximum Gasteiger partial charge on any atom is 0.220 e. The van der Waals surface area contributed by atoms with Crippen LogP contribution in [0.4, 0.5) is 0 Å². The standard InChI is InChI=1S/C32H37N3O2/c1-2-35-24-30(28-16-7-8-17-31(28)35)29(23-32(36)33-18-21-34-19-9-4-10-20-34)25-12-11-15-27(22-25)37-26-13-5-3-6-14-26/h3,5-8,11-17,22,24,29H,2,4,9-10,18-21,23H2,1H3,(H,33,36)/t29-/m0/s1. The summed E-state index contributed by atoms with van der Waals surface area (Å²) in [5, 5.41) is 4.40. The van der Waals surface area contributed by atoms with Crippen LogP contribution in [0.3, 0.4) is 0 Å². The molecule has 1 fully saturated rings. The third-order valence-electron chi connectivity index (χ3n) is 7.36. The van der Waals surface area contributed by atoms with E-state index in [0.717, 1.165) is 43.2 Å². The molecular weight excluding hydrogens is 458 g/mol. The van der Waals surface area contributed by atoms with E-state index in [0.29, 0.717) is 13.0 Å². The van der Waals surface area contributed by atoms with Gasteiger partial charge in [-0.3, -0.25) is 4.79 Å². The molecule has 37 heavy (non-hydrogen) atoms. The lowest BCUT2D eigenvalue weighted by molar-refractivity contribution is -0.121. The van der Waals surface area contributed by atoms with Gasteiger partial charge in [-0.05, 0) is 74.3 Å². The van der Waals surface area contributed by atoms with Crippen LogP contribution in [-0.4, -0.2) is 41.6 Å². The van der Waals surface area contributed by atoms with E-state index in [2.05, 4.69) is 64.3 Å². The van der Waals surface area contributed by atoms with Crippen LogP contribution >= 0.6 is 0 Å². The maximum absolute atomic E-state index is 13.3. The van der Waals surface area contributed by atoms with Crippen LogP contribution in [-0.2, 0) is 11.3 Å². The highest BCUT2D eigenvalue weighted by Crippen LogP contribution is 2.36. The zero-order valence-corrected chi connectivity index (χ0v) is 21.7. The molecule has 1 saturated heterocycles. The van der Waals surface area contributed by atoms with Crippen LogP contribution in [0, 0.1) is 0 Å². The lowest BCUT2D eigenvalue weighted by Gasteiger charge is -2.26. The summed E-state index contributed by atoms with van der Waals surface area (Å²) >= 11 is 0. The molecule has 4 aromatic rings. The molecule has 0 unspecified atom stereocenters. The fourth-order valence-corrected chi connectivity index (χ4v) is 5.44. The van der Waals surface area contributed by atoms with E-state index in [-0.39, 0.29) is 11.8 Å². The Balaban J connectivity index is 1.40. The lowest BCUT2D eigenvalue weighted by Crippen LogP contribution is -2.38. The zero-order valence-electron chi connectivity index (χ0n) is 21.7. The molecule has 1 aromatic heterocycles. The Morgan fingerprint density at radius 1 is 0.919 bits per heavy atom. The van der Waals surface area contributed by atoms with Gasteiger partial charge in [0.1, 0.15) is 11.5 Å². The molecule has 0 saturated carbocycles. The normalized spacial score (nSPS) is 14.9. The first-order valence-electron chi connectivity index (χ1n) is 13.6. The molecule has 0 radical (unpaired) electrons. The summed E-state index contributed by atoms with van der Waals surface area (Å²) in [6, 6.07) is 26.5. The Hall–Kier alpha value is -3.57. The van der Waals surface area contributed by atoms with E-state index >= 15 is 0 Å². The van der Waals surface area contributed by atoms with E-state index in [4.69, 9.17) is 4.74 Å². The predicted molar refractivity (Wildman–Crippen MR) is 150 cm³/mol. The molecule has 192 valence electrons. The molecule has 5 heteroatoms. The first-order chi connectivity index (χ1) is 18.2. The predicted octanol–water partition coefficient (Wildman–Crippen LogP) is 6.58. The van der Waals surface area contributed by atoms with Gasteiger partial charge < -0.3 is 19.5 Å². The van der Waals surface area contributed by atoms with E-state index in [1.807, 2.05) is 42.5 Å². The SMILES string of the molecule is CCn1cc([C@@H](CC(=O)NCCN2CCCCC2)c2cccc(Oc3ccccc3)c2)c2ccccc21. The molecule has 0 bridgehead atoms. The quantitative estimate of drug-likeness (QED) is 0.270. The number of hydrogen-bond donors (Lipinski definition) is 1. The summed E-state index contributed by atoms with van der Waals surface area (Å²) < 4.78 is 8.42. The van der Waals surface area contributed by atoms with Gasteiger partial charge in [0.2, 0.25) is 5.91 Å². The number of fused-ring (bicyclic) bond motifs is 1. The number of hydrogen-bond acceptors (Lipinski definition) is 3. The molecule has 5 nitrogen and oxygen atoms in total. The molecule has 0 spiro atoms. The summed E-state index contributed by atoms with van der Waals surface area (Å²) in [6.07, 6.45) is 6.47. The topological polar surface area (TPSA) is 46.5 Å². The van der Waals surface area contributed by atoms with Crippen molar-refractivity contribution in [3.05, 3.63) is 96.2 Å². The molecule has 1 aliphatic heterocycles. The van der Waals surface area contributed by atoms with Crippen molar-refractivity contribution in [2.45, 2.75) is 45.1 Å². The molecule has 0 aliphatic carbocycles. The summed E-state index contributed by atoms with van der Waals surface area (Å²) in [5.41, 5.74) is 3.46. The van der Waals surface area contributed by atoms with Crippen LogP contribution in [0.2, 0.25) is 0 Å². The molecular formula is C32H37N3O2. The first kappa shape index (κ1) is 25.1. The summed E-state index contributed by atoms with van der Waals surface area (Å²) in [6.45, 7) is 6.94. The molecule has 1 amide bonds. The third-order valence-corrected chi connectivity index (χ3v) is 7.36. The number of benzene rings is 3. The Labute approximate surface area is 220 Å². The average molecular weight is 496 g/mol. The number of para-hydroxylation sites is 2. The lowest BCUT2D eigenvalue weighted by atomic mass is 9.88. The number of aromatic nitrogens is 1. The second kappa shape index (κ2) is 12.1. The largest absolute Gasteiger partial charge is 0.457 e. The highest BCUT2D eigenvalue weighted by molar-refractivity contribution is 5.86. The fraction of sp³-hybridized carbons (Fsp3) is 0.344. The maximum atomic E-state index is 13.3. The van der Waals surface area contributed by atoms with E-state index in [9.17, 15) is 4.79 Å². The van der Waals surface area contributed by atoms with Crippen LogP contribution in [0.25, 0.3) is 10.9 Å². The smallest absolute Gasteiger partial charge is 0.220 e. The number of carbonyl (C=O) groups is 1. The molecule has 3 aromatic carbocycles. The fourth-order valence-electron chi connectivity index (χ4n) is 5.44. The summed E-state index contributed by atoms with van der Waals surface area (Å²) in [7, 11) is 0. The number of amides is 1. The van der Waals surface area contributed by atoms with Crippen LogP contribution in [0.15, 0.2) is 85.1 Å². The summed E-state index contributed by atoms with van der Waals surface area (Å²) in [5.74, 6) is 1.59. The van der Waals surface area contributed by atoms with Crippen molar-refractivity contribution < 1.29 is 9.53 Å². The van der Waals surface area contributed by atoms with Crippen molar-refractivity contribution in [1.82, 2.24) is 14.8 Å². The summed E-state index contributed by atoms with van der Waals surface area (Å²) in [4.78, 5) is 15.7. The number of piperidine rings is 1. The zero-order chi connectivity index (χ0) is 25.5. The van der Waals surface area contributed by atoms with Crippen LogP contribution in [0.5, 0.6) is 11.5 Å². The molecule has 1 N–H and O–H groups in total. The number of likely N-dealkylation sites (tertiary alicyclic amines) is 1. The molecule has 2 heterocycles. The third kappa shape index (κ3) is 6.23. The van der Waals surface area contributed by atoms with Crippen molar-refractivity contribution >= 4 is 16.8 Å². The van der Waals surface area contributed by atoms with Gasteiger partial charge in [0, 0.05) is 49.1 Å². The number of carbonyl (C=O) groups excluding carboxylic acids is 1. The Bertz CT molecular complexity index is 1310. The van der Waals surface area contributed by atoms with Gasteiger partial charge in [0.15, 0.2) is 0 Å². The van der Waals surface area contributed by atoms with Gasteiger partial charge in [0.05, 0.1) is 0 Å². The minimum Gasteiger partial charge on any atom is -0.457 e. The Morgan fingerprint density at radius 2 is 1.68 bits per heavy atom. The van der Waals surface area contributed by atoms with Crippen molar-refractivity contribution in [3.63, 3.8) is 0 Å². The Morgan fingerprint density at radius 3 is 2.49 bits per heavy atom. The molecule has 1 atom stereocenters. The first-order valence-corrected chi connectivity index (χ1v) is 13.6. The molecule has 5 rings (SSSR count). The van der Waals surface area contributed by atoms with Gasteiger partial charge in [0.25, 0.3) is 0 Å². The number of rotatable bonds is 10. The molecule has 1 aliphatic rings. The average Bonchev–Trinajstić information content (AvgIpc) is 3.32. The number of nitrogens with zero attached hydrogens (tertiary/aromatic N) is 2. The van der Waals surface area contributed by atoms with Crippen molar-refractivity contribution in [3.8, 4) is 11.5 Å². The van der Waals surface area contributed by atoms with Gasteiger partial charge in [-0.25, -0.2) is 0 Å². The van der Waals surface area contributed by atoms with E-state index in [1.165, 1.54) is 35.7 Å². The van der Waals surface area contributed by atoms with Crippen molar-refractivity contribution in [2.24, 2.45) is 0 Å². The van der Waals surface area contributed by atoms with E-state index in [1.54, 1.807) is 0 Å². The number of aryl methyl sites for hydroxylation is 1. The van der Waals surface area contributed by atoms with Crippen LogP contribution < -0.4 is 10.1 Å². The Kier molecular flexibility index (Phi) is 8.21. The van der Waals surface area contributed by atoms with E-state index < -0.39 is 0 Å². The monoisotopic (exact) mass is 495 g/mol. The van der Waals surface area contributed by atoms with Gasteiger partial charge >= 0.3 is 0 Å². The highest BCUT2D eigenvalue weighted by atomic mass is 16.5. The van der Waals surface area contributed by atoms with Gasteiger partial charge in [-0.15, -0.1) is 0 Å². The number of nitrogens with one attached hydrogen (secondary N) is 1. The number of ether oxygens (including phenoxy) is 1. The highest BCUT2D eigenvalue weighted by Gasteiger charge is 2.23. The minimum absolute atomic E-state index is 0.0768. The minimum atomic E-state index is -0.0768. The van der Waals surface area contributed by atoms with Crippen molar-refractivity contribution in [1.29, 1.82) is 0 Å². The second-order valence-corrected chi connectivity index (χ2v) is 9.88. The second-order valence-electron chi connectivity index (χ2n) is 9.88. The van der Waals surface area contributed by atoms with Gasteiger partial charge in [-0.1, -0.05) is 55.0 Å².